The van der Waals surface area contributed by atoms with Gasteiger partial charge in [0.1, 0.15) is 0 Å². The first-order chi connectivity index (χ1) is 12.7. The van der Waals surface area contributed by atoms with Crippen molar-refractivity contribution in [3.8, 4) is 0 Å². The van der Waals surface area contributed by atoms with Crippen LogP contribution in [0.25, 0.3) is 0 Å². The SMILES string of the molecule is CCCCCCCCCC[N+](C)(C)CCCCCCCC.COS(=O)(=O)[O-]. The molecule has 0 amide bonds. The minimum atomic E-state index is -4.41. The number of nitrogens with zero attached hydrogens (tertiary/aromatic N) is 1. The van der Waals surface area contributed by atoms with E-state index in [-0.39, 0.29) is 0 Å². The highest BCUT2D eigenvalue weighted by molar-refractivity contribution is 7.80. The molecule has 0 radical (unpaired) electrons. The van der Waals surface area contributed by atoms with E-state index in [4.69, 9.17) is 0 Å². The standard InChI is InChI=1S/C20H44N.CH4O4S/c1-5-7-9-11-13-14-16-18-20-21(3,4)19-17-15-12-10-8-6-2;1-5-6(2,3)4/h5-20H2,1-4H3;1H3,(H,2,3,4)/q+1;/p-1. The first kappa shape index (κ1) is 29.0. The molecule has 0 N–H and O–H groups in total. The number of hydrogen-bond donors (Lipinski definition) is 0. The van der Waals surface area contributed by atoms with Crippen LogP contribution in [0.15, 0.2) is 0 Å². The minimum Gasteiger partial charge on any atom is -0.726 e. The van der Waals surface area contributed by atoms with Crippen LogP contribution < -0.4 is 0 Å². The van der Waals surface area contributed by atoms with E-state index >= 15 is 0 Å². The fourth-order valence-electron chi connectivity index (χ4n) is 3.11. The van der Waals surface area contributed by atoms with Gasteiger partial charge < -0.3 is 9.04 Å². The molecule has 0 atom stereocenters. The highest BCUT2D eigenvalue weighted by Gasteiger charge is 2.13. The van der Waals surface area contributed by atoms with Gasteiger partial charge >= 0.3 is 0 Å². The molecule has 6 heteroatoms. The van der Waals surface area contributed by atoms with E-state index in [1.54, 1.807) is 0 Å². The van der Waals surface area contributed by atoms with E-state index in [0.29, 0.717) is 0 Å². The maximum absolute atomic E-state index is 9.22. The first-order valence-electron chi connectivity index (χ1n) is 11.0. The van der Waals surface area contributed by atoms with Gasteiger partial charge in [0.15, 0.2) is 0 Å². The van der Waals surface area contributed by atoms with Gasteiger partial charge in [-0.1, -0.05) is 78.1 Å². The molecule has 0 unspecified atom stereocenters. The van der Waals surface area contributed by atoms with E-state index in [9.17, 15) is 13.0 Å². The zero-order valence-corrected chi connectivity index (χ0v) is 19.6. The van der Waals surface area contributed by atoms with Crippen molar-refractivity contribution in [2.45, 2.75) is 104 Å². The Morgan fingerprint density at radius 1 is 0.667 bits per heavy atom. The molecule has 0 aliphatic rings. The summed E-state index contributed by atoms with van der Waals surface area (Å²) in [6.07, 6.45) is 20.1. The maximum Gasteiger partial charge on any atom is 0.217 e. The summed E-state index contributed by atoms with van der Waals surface area (Å²) < 4.78 is 32.3. The summed E-state index contributed by atoms with van der Waals surface area (Å²) in [5, 5.41) is 0. The average Bonchev–Trinajstić information content (AvgIpc) is 2.60. The molecule has 0 aliphatic carbocycles. The molecular weight excluding hydrogens is 362 g/mol. The van der Waals surface area contributed by atoms with Gasteiger partial charge in [-0.15, -0.1) is 0 Å². The third-order valence-electron chi connectivity index (χ3n) is 4.94. The van der Waals surface area contributed by atoms with Gasteiger partial charge in [-0.25, -0.2) is 8.42 Å². The van der Waals surface area contributed by atoms with Crippen molar-refractivity contribution in [2.24, 2.45) is 0 Å². The molecule has 27 heavy (non-hydrogen) atoms. The Labute approximate surface area is 170 Å². The summed E-state index contributed by atoms with van der Waals surface area (Å²) in [5.41, 5.74) is 0. The highest BCUT2D eigenvalue weighted by atomic mass is 32.3. The van der Waals surface area contributed by atoms with Crippen LogP contribution >= 0.6 is 0 Å². The summed E-state index contributed by atoms with van der Waals surface area (Å²) in [7, 11) is 1.24. The lowest BCUT2D eigenvalue weighted by molar-refractivity contribution is -0.890. The molecule has 0 fully saturated rings. The Morgan fingerprint density at radius 3 is 1.19 bits per heavy atom. The molecular formula is C21H47NO4S. The van der Waals surface area contributed by atoms with Crippen LogP contribution in [0.5, 0.6) is 0 Å². The fraction of sp³-hybridized carbons (Fsp3) is 1.00. The molecule has 0 saturated heterocycles. The zero-order valence-electron chi connectivity index (χ0n) is 18.8. The van der Waals surface area contributed by atoms with Gasteiger partial charge in [0.05, 0.1) is 34.3 Å². The minimum absolute atomic E-state index is 0.808. The monoisotopic (exact) mass is 409 g/mol. The van der Waals surface area contributed by atoms with E-state index < -0.39 is 10.4 Å². The van der Waals surface area contributed by atoms with Crippen molar-refractivity contribution in [3.05, 3.63) is 0 Å². The van der Waals surface area contributed by atoms with Crippen LogP contribution in [-0.4, -0.2) is 51.7 Å². The molecule has 0 spiro atoms. The molecule has 166 valence electrons. The summed E-state index contributed by atoms with van der Waals surface area (Å²) in [6, 6.07) is 0. The van der Waals surface area contributed by atoms with Crippen molar-refractivity contribution >= 4 is 10.4 Å². The van der Waals surface area contributed by atoms with Gasteiger partial charge in [0.25, 0.3) is 0 Å². The van der Waals surface area contributed by atoms with Crippen LogP contribution in [0.4, 0.5) is 0 Å². The highest BCUT2D eigenvalue weighted by Crippen LogP contribution is 2.12. The van der Waals surface area contributed by atoms with Crippen LogP contribution in [0.2, 0.25) is 0 Å². The lowest BCUT2D eigenvalue weighted by atomic mass is 10.1. The second-order valence-electron chi connectivity index (χ2n) is 8.20. The second-order valence-corrected chi connectivity index (χ2v) is 9.35. The smallest absolute Gasteiger partial charge is 0.217 e. The van der Waals surface area contributed by atoms with E-state index in [2.05, 4.69) is 32.1 Å². The Kier molecular flexibility index (Phi) is 20.6. The van der Waals surface area contributed by atoms with E-state index in [0.717, 1.165) is 7.11 Å². The zero-order chi connectivity index (χ0) is 21.0. The Morgan fingerprint density at radius 2 is 0.926 bits per heavy atom. The maximum atomic E-state index is 9.22. The quantitative estimate of drug-likeness (QED) is 0.135. The second kappa shape index (κ2) is 19.2. The van der Waals surface area contributed by atoms with Crippen molar-refractivity contribution in [1.82, 2.24) is 0 Å². The predicted octanol–water partition coefficient (Wildman–Crippen LogP) is 5.66. The lowest BCUT2D eigenvalue weighted by Crippen LogP contribution is -2.41. The predicted molar refractivity (Wildman–Crippen MR) is 115 cm³/mol. The lowest BCUT2D eigenvalue weighted by Gasteiger charge is -2.30. The molecule has 5 nitrogen and oxygen atoms in total. The summed E-state index contributed by atoms with van der Waals surface area (Å²) in [4.78, 5) is 0. The van der Waals surface area contributed by atoms with Crippen LogP contribution in [0.3, 0.4) is 0 Å². The summed E-state index contributed by atoms with van der Waals surface area (Å²) in [5.74, 6) is 0. The Balaban J connectivity index is 0. The molecule has 0 heterocycles. The third-order valence-corrected chi connectivity index (χ3v) is 5.35. The van der Waals surface area contributed by atoms with E-state index in [1.807, 2.05) is 0 Å². The third kappa shape index (κ3) is 28.1. The number of quaternary nitrogens is 1. The molecule has 0 saturated carbocycles. The van der Waals surface area contributed by atoms with Crippen molar-refractivity contribution < 1.29 is 21.6 Å². The first-order valence-corrected chi connectivity index (χ1v) is 12.3. The summed E-state index contributed by atoms with van der Waals surface area (Å²) in [6.45, 7) is 7.35. The summed E-state index contributed by atoms with van der Waals surface area (Å²) >= 11 is 0. The van der Waals surface area contributed by atoms with Gasteiger partial charge in [0, 0.05) is 0 Å². The normalized spacial score (nSPS) is 11.9. The van der Waals surface area contributed by atoms with Crippen LogP contribution in [0.1, 0.15) is 104 Å². The Hall–Kier alpha value is -0.170. The van der Waals surface area contributed by atoms with Crippen LogP contribution in [-0.2, 0) is 14.6 Å². The van der Waals surface area contributed by atoms with Crippen molar-refractivity contribution in [3.63, 3.8) is 0 Å². The number of hydrogen-bond acceptors (Lipinski definition) is 4. The van der Waals surface area contributed by atoms with E-state index in [1.165, 1.54) is 107 Å². The molecule has 0 aromatic heterocycles. The number of unbranched alkanes of at least 4 members (excludes halogenated alkanes) is 12. The topological polar surface area (TPSA) is 66.4 Å². The fourth-order valence-corrected chi connectivity index (χ4v) is 3.11. The Bertz CT molecular complexity index is 397. The molecule has 0 rings (SSSR count). The van der Waals surface area contributed by atoms with Gasteiger partial charge in [-0.3, -0.25) is 4.18 Å². The molecule has 0 aromatic rings. The average molecular weight is 410 g/mol. The van der Waals surface area contributed by atoms with Gasteiger partial charge in [-0.2, -0.15) is 0 Å². The van der Waals surface area contributed by atoms with Crippen molar-refractivity contribution in [2.75, 3.05) is 34.3 Å². The van der Waals surface area contributed by atoms with Gasteiger partial charge in [-0.05, 0) is 25.7 Å². The molecule has 0 aliphatic heterocycles. The van der Waals surface area contributed by atoms with Crippen LogP contribution in [0, 0.1) is 0 Å². The molecule has 0 bridgehead atoms. The van der Waals surface area contributed by atoms with Gasteiger partial charge in [0.2, 0.25) is 10.4 Å². The van der Waals surface area contributed by atoms with Crippen molar-refractivity contribution in [1.29, 1.82) is 0 Å². The number of rotatable bonds is 17. The largest absolute Gasteiger partial charge is 0.726 e. The molecule has 0 aromatic carbocycles.